The maximum atomic E-state index is 11.2. The van der Waals surface area contributed by atoms with E-state index in [9.17, 15) is 19.5 Å². The van der Waals surface area contributed by atoms with E-state index < -0.39 is 46.4 Å². The molecule has 1 aliphatic rings. The normalized spacial score (nSPS) is 32.1. The Morgan fingerprint density at radius 1 is 1.05 bits per heavy atom. The quantitative estimate of drug-likeness (QED) is 0.294. The summed E-state index contributed by atoms with van der Waals surface area (Å²) < 4.78 is 19.7. The summed E-state index contributed by atoms with van der Waals surface area (Å²) in [7, 11) is 0. The van der Waals surface area contributed by atoms with Crippen molar-refractivity contribution >= 4 is 40.5 Å². The van der Waals surface area contributed by atoms with Crippen molar-refractivity contribution in [2.24, 2.45) is 0 Å². The Balaban J connectivity index is 2.94. The molecule has 1 N–H and O–H groups in total. The van der Waals surface area contributed by atoms with Crippen LogP contribution in [0.2, 0.25) is 0 Å². The van der Waals surface area contributed by atoms with Crippen LogP contribution < -0.4 is 0 Å². The second-order valence-corrected chi connectivity index (χ2v) is 5.90. The zero-order valence-electron chi connectivity index (χ0n) is 11.8. The van der Waals surface area contributed by atoms with Gasteiger partial charge in [0.25, 0.3) is 0 Å². The summed E-state index contributed by atoms with van der Waals surface area (Å²) in [5, 5.41) is 9.85. The number of alkyl halides is 1. The van der Waals surface area contributed by atoms with E-state index in [4.69, 9.17) is 18.9 Å². The van der Waals surface area contributed by atoms with E-state index in [2.05, 4.69) is 0 Å². The molecule has 0 aromatic rings. The number of carbonyl (C=O) groups is 3. The minimum Gasteiger partial charge on any atom is -0.463 e. The van der Waals surface area contributed by atoms with Crippen molar-refractivity contribution in [1.82, 2.24) is 0 Å². The summed E-state index contributed by atoms with van der Waals surface area (Å²) >= 11 is 1.84. The zero-order chi connectivity index (χ0) is 16.2. The van der Waals surface area contributed by atoms with Crippen molar-refractivity contribution in [3.05, 3.63) is 0 Å². The Morgan fingerprint density at radius 3 is 2.05 bits per heavy atom. The molecule has 1 aliphatic heterocycles. The molecule has 9 heteroatoms. The lowest BCUT2D eigenvalue weighted by molar-refractivity contribution is -0.246. The number of halogens is 1. The Kier molecular flexibility index (Phi) is 6.81. The lowest BCUT2D eigenvalue weighted by Gasteiger charge is -2.41. The molecule has 0 aliphatic carbocycles. The largest absolute Gasteiger partial charge is 0.463 e. The van der Waals surface area contributed by atoms with E-state index in [1.165, 1.54) is 20.8 Å². The van der Waals surface area contributed by atoms with Gasteiger partial charge in [0.1, 0.15) is 16.6 Å². The van der Waals surface area contributed by atoms with E-state index in [0.717, 1.165) is 0 Å². The second-order valence-electron chi connectivity index (χ2n) is 4.46. The fourth-order valence-electron chi connectivity index (χ4n) is 1.88. The first kappa shape index (κ1) is 18.1. The molecule has 8 nitrogen and oxygen atoms in total. The molecule has 21 heavy (non-hydrogen) atoms. The molecule has 0 aromatic heterocycles. The molecule has 0 amide bonds. The number of carbonyl (C=O) groups excluding carboxylic acids is 3. The van der Waals surface area contributed by atoms with Crippen LogP contribution in [0.1, 0.15) is 20.8 Å². The molecule has 0 bridgehead atoms. The number of esters is 3. The van der Waals surface area contributed by atoms with Crippen LogP contribution in [-0.4, -0.2) is 58.1 Å². The third-order valence-corrected chi connectivity index (χ3v) is 3.97. The first-order valence-corrected chi connectivity index (χ1v) is 7.42. The lowest BCUT2D eigenvalue weighted by Crippen LogP contribution is -2.59. The monoisotopic (exact) mass is 416 g/mol. The predicted octanol–water partition coefficient (Wildman–Crippen LogP) is -0.0663. The van der Waals surface area contributed by atoms with Gasteiger partial charge in [-0.05, 0) is 0 Å². The topological polar surface area (TPSA) is 108 Å². The van der Waals surface area contributed by atoms with Crippen LogP contribution in [0.3, 0.4) is 0 Å². The smallest absolute Gasteiger partial charge is 0.303 e. The van der Waals surface area contributed by atoms with Crippen LogP contribution in [-0.2, 0) is 33.3 Å². The molecular formula is C12H17IO8. The van der Waals surface area contributed by atoms with Crippen LogP contribution in [0.15, 0.2) is 0 Å². The fourth-order valence-corrected chi connectivity index (χ4v) is 2.60. The molecule has 120 valence electrons. The summed E-state index contributed by atoms with van der Waals surface area (Å²) in [5.74, 6) is -1.73. The molecular weight excluding hydrogens is 399 g/mol. The van der Waals surface area contributed by atoms with Gasteiger partial charge in [0.2, 0.25) is 0 Å². The van der Waals surface area contributed by atoms with Gasteiger partial charge in [0.15, 0.2) is 18.5 Å². The maximum Gasteiger partial charge on any atom is 0.303 e. The number of aliphatic hydroxyl groups excluding tert-OH is 1. The van der Waals surface area contributed by atoms with E-state index in [1.807, 2.05) is 22.6 Å². The summed E-state index contributed by atoms with van der Waals surface area (Å²) in [6.07, 6.45) is -4.06. The van der Waals surface area contributed by atoms with Crippen LogP contribution in [0.4, 0.5) is 0 Å². The molecule has 0 spiro atoms. The number of hydrogen-bond acceptors (Lipinski definition) is 8. The number of aliphatic hydroxyl groups is 1. The van der Waals surface area contributed by atoms with Crippen molar-refractivity contribution in [3.63, 3.8) is 0 Å². The average Bonchev–Trinajstić information content (AvgIpc) is 2.35. The summed E-state index contributed by atoms with van der Waals surface area (Å²) in [4.78, 5) is 33.3. The van der Waals surface area contributed by atoms with Crippen molar-refractivity contribution in [2.45, 2.75) is 49.3 Å². The SMILES string of the molecule is CC(=O)OC[C@H]1OC(O)[C@H](I)[C@@H](OC(C)=O)[C@H]1OC(C)=O. The highest BCUT2D eigenvalue weighted by molar-refractivity contribution is 14.1. The van der Waals surface area contributed by atoms with Gasteiger partial charge in [-0.1, -0.05) is 22.6 Å². The van der Waals surface area contributed by atoms with Gasteiger partial charge in [-0.25, -0.2) is 0 Å². The number of hydrogen-bond donors (Lipinski definition) is 1. The average molecular weight is 416 g/mol. The van der Waals surface area contributed by atoms with E-state index in [0.29, 0.717) is 0 Å². The van der Waals surface area contributed by atoms with Crippen LogP contribution in [0, 0.1) is 0 Å². The Morgan fingerprint density at radius 2 is 1.57 bits per heavy atom. The Labute approximate surface area is 135 Å². The van der Waals surface area contributed by atoms with Crippen molar-refractivity contribution < 1.29 is 38.4 Å². The molecule has 1 fully saturated rings. The van der Waals surface area contributed by atoms with E-state index in [-0.39, 0.29) is 6.61 Å². The summed E-state index contributed by atoms with van der Waals surface area (Å²) in [6, 6.07) is 0. The van der Waals surface area contributed by atoms with E-state index in [1.54, 1.807) is 0 Å². The molecule has 0 radical (unpaired) electrons. The standard InChI is InChI=1S/C12H17IO8/c1-5(14)18-4-8-10(19-6(2)15)11(20-7(3)16)9(13)12(17)21-8/h8-12,17H,4H2,1-3H3/t8-,9-,10+,11-,12?/m1/s1. The zero-order valence-corrected chi connectivity index (χ0v) is 13.9. The van der Waals surface area contributed by atoms with E-state index >= 15 is 0 Å². The molecule has 1 heterocycles. The summed E-state index contributed by atoms with van der Waals surface area (Å²) in [6.45, 7) is 3.38. The molecule has 0 saturated carbocycles. The first-order valence-electron chi connectivity index (χ1n) is 6.17. The van der Waals surface area contributed by atoms with Crippen LogP contribution in [0.25, 0.3) is 0 Å². The fraction of sp³-hybridized carbons (Fsp3) is 0.750. The highest BCUT2D eigenvalue weighted by Crippen LogP contribution is 2.30. The predicted molar refractivity (Wildman–Crippen MR) is 76.4 cm³/mol. The molecule has 0 aromatic carbocycles. The summed E-state index contributed by atoms with van der Waals surface area (Å²) in [5.41, 5.74) is 0. The van der Waals surface area contributed by atoms with Crippen LogP contribution >= 0.6 is 22.6 Å². The second kappa shape index (κ2) is 7.90. The Bertz CT molecular complexity index is 412. The minimum atomic E-state index is -1.25. The van der Waals surface area contributed by atoms with Gasteiger partial charge in [0.05, 0.1) is 0 Å². The van der Waals surface area contributed by atoms with Gasteiger partial charge in [-0.3, -0.25) is 14.4 Å². The van der Waals surface area contributed by atoms with Crippen molar-refractivity contribution in [1.29, 1.82) is 0 Å². The minimum absolute atomic E-state index is 0.231. The highest BCUT2D eigenvalue weighted by Gasteiger charge is 2.48. The molecule has 5 atom stereocenters. The third kappa shape index (κ3) is 5.40. The van der Waals surface area contributed by atoms with Crippen molar-refractivity contribution in [3.8, 4) is 0 Å². The maximum absolute atomic E-state index is 11.2. The highest BCUT2D eigenvalue weighted by atomic mass is 127. The third-order valence-electron chi connectivity index (χ3n) is 2.65. The molecule has 1 rings (SSSR count). The Hall–Kier alpha value is -0.940. The molecule has 1 unspecified atom stereocenters. The molecule has 1 saturated heterocycles. The number of ether oxygens (including phenoxy) is 4. The van der Waals surface area contributed by atoms with Crippen LogP contribution in [0.5, 0.6) is 0 Å². The van der Waals surface area contributed by atoms with Crippen molar-refractivity contribution in [2.75, 3.05) is 6.61 Å². The van der Waals surface area contributed by atoms with Gasteiger partial charge < -0.3 is 24.1 Å². The number of rotatable bonds is 4. The van der Waals surface area contributed by atoms with Gasteiger partial charge >= 0.3 is 17.9 Å². The van der Waals surface area contributed by atoms with Gasteiger partial charge in [-0.15, -0.1) is 0 Å². The van der Waals surface area contributed by atoms with Gasteiger partial charge in [-0.2, -0.15) is 0 Å². The first-order chi connectivity index (χ1) is 9.72. The lowest BCUT2D eigenvalue weighted by atomic mass is 10.0. The van der Waals surface area contributed by atoms with Gasteiger partial charge in [0, 0.05) is 20.8 Å².